The van der Waals surface area contributed by atoms with Gasteiger partial charge < -0.3 is 0 Å². The Hall–Kier alpha value is 2.90. The van der Waals surface area contributed by atoms with Crippen molar-refractivity contribution in [3.63, 3.8) is 0 Å². The first-order valence-electron chi connectivity index (χ1n) is 3.57. The molecule has 0 unspecified atom stereocenters. The SMILES string of the molecule is C[Si](C)(C)[Si](Cl)([Si](Cl)(Cl)Cl)[Si](Cl)(Cl)Cl. The quantitative estimate of drug-likeness (QED) is 0.455. The van der Waals surface area contributed by atoms with Crippen LogP contribution in [0.15, 0.2) is 0 Å². The zero-order valence-electron chi connectivity index (χ0n) is 7.65. The summed E-state index contributed by atoms with van der Waals surface area (Å²) in [5, 5.41) is 0. The monoisotopic (exact) mass is 402 g/mol. The average molecular weight is 406 g/mol. The van der Waals surface area contributed by atoms with Gasteiger partial charge in [0.25, 0.3) is 0 Å². The molecule has 86 valence electrons. The maximum Gasteiger partial charge on any atom is 0.340 e. The van der Waals surface area contributed by atoms with E-state index >= 15 is 0 Å². The summed E-state index contributed by atoms with van der Waals surface area (Å²) in [5.74, 6) is -2.87. The summed E-state index contributed by atoms with van der Waals surface area (Å²) >= 11 is 42.7. The highest BCUT2D eigenvalue weighted by atomic mass is 35.9. The van der Waals surface area contributed by atoms with Crippen molar-refractivity contribution in [1.29, 1.82) is 0 Å². The lowest BCUT2D eigenvalue weighted by atomic mass is 11.8. The van der Waals surface area contributed by atoms with Gasteiger partial charge in [-0.25, -0.2) is 0 Å². The molecule has 0 radical (unpaired) electrons. The molecule has 0 aliphatic carbocycles. The zero-order chi connectivity index (χ0) is 12.0. The van der Waals surface area contributed by atoms with Gasteiger partial charge in [0.1, 0.15) is 0 Å². The summed E-state index contributed by atoms with van der Waals surface area (Å²) in [7, 11) is -1.95. The van der Waals surface area contributed by atoms with Gasteiger partial charge in [0.2, 0.25) is 5.94 Å². The lowest BCUT2D eigenvalue weighted by molar-refractivity contribution is 1.85. The van der Waals surface area contributed by atoms with E-state index in [0.29, 0.717) is 0 Å². The van der Waals surface area contributed by atoms with Gasteiger partial charge in [-0.15, -0.1) is 66.5 Å². The summed E-state index contributed by atoms with van der Waals surface area (Å²) in [5.41, 5.74) is -6.27. The van der Waals surface area contributed by atoms with Gasteiger partial charge in [-0.2, -0.15) is 11.1 Å². The lowest BCUT2D eigenvalue weighted by Gasteiger charge is -2.42. The molecular formula is C3H9Cl7Si4. The molecule has 14 heavy (non-hydrogen) atoms. The van der Waals surface area contributed by atoms with Crippen molar-refractivity contribution in [1.82, 2.24) is 0 Å². The number of halogens is 7. The van der Waals surface area contributed by atoms with Crippen LogP contribution in [-0.4, -0.2) is 24.6 Å². The molecule has 0 aromatic heterocycles. The highest BCUT2D eigenvalue weighted by Crippen LogP contribution is 2.50. The molecule has 0 aliphatic rings. The van der Waals surface area contributed by atoms with Gasteiger partial charge in [0.15, 0.2) is 0 Å². The second-order valence-electron chi connectivity index (χ2n) is 3.90. The predicted octanol–water partition coefficient (Wildman–Crippen LogP) is 5.05. The predicted molar refractivity (Wildman–Crippen MR) is 81.6 cm³/mol. The van der Waals surface area contributed by atoms with Crippen molar-refractivity contribution in [3.05, 3.63) is 0 Å². The topological polar surface area (TPSA) is 0 Å². The first-order valence-corrected chi connectivity index (χ1v) is 23.2. The van der Waals surface area contributed by atoms with Crippen LogP contribution in [0.25, 0.3) is 0 Å². The first kappa shape index (κ1) is 16.9. The van der Waals surface area contributed by atoms with Crippen molar-refractivity contribution < 1.29 is 0 Å². The molecule has 0 aromatic carbocycles. The van der Waals surface area contributed by atoms with Crippen molar-refractivity contribution in [3.8, 4) is 0 Å². The fraction of sp³-hybridized carbons (Fsp3) is 1.00. The Balaban J connectivity index is 5.54. The van der Waals surface area contributed by atoms with Gasteiger partial charge in [-0.3, -0.25) is 0 Å². The molecule has 0 saturated carbocycles. The molecule has 0 nitrogen and oxygen atoms in total. The summed E-state index contributed by atoms with van der Waals surface area (Å²) in [6.45, 7) is 5.99. The highest BCUT2D eigenvalue weighted by Gasteiger charge is 2.73. The highest BCUT2D eigenvalue weighted by molar-refractivity contribution is 8.27. The number of rotatable bonds is 3. The molecule has 0 bridgehead atoms. The van der Waals surface area contributed by atoms with E-state index < -0.39 is 24.6 Å². The summed E-state index contributed by atoms with van der Waals surface area (Å²) in [6, 6.07) is 0. The minimum absolute atomic E-state index is 1.95. The average Bonchev–Trinajstić information content (AvgIpc) is 1.77. The van der Waals surface area contributed by atoms with Crippen molar-refractivity contribution in [2.45, 2.75) is 19.6 Å². The van der Waals surface area contributed by atoms with Gasteiger partial charge >= 0.3 is 11.0 Å². The van der Waals surface area contributed by atoms with Crippen LogP contribution in [0.1, 0.15) is 0 Å². The third-order valence-corrected chi connectivity index (χ3v) is 91.2. The van der Waals surface area contributed by atoms with E-state index in [9.17, 15) is 0 Å². The van der Waals surface area contributed by atoms with Crippen LogP contribution in [0.4, 0.5) is 0 Å². The minimum atomic E-state index is -3.13. The zero-order valence-corrected chi connectivity index (χ0v) is 16.9. The number of hydrogen-bond acceptors (Lipinski definition) is 0. The molecule has 0 spiro atoms. The smallest absolute Gasteiger partial charge is 0.168 e. The molecule has 0 aromatic rings. The molecule has 0 fully saturated rings. The molecule has 11 heteroatoms. The summed E-state index contributed by atoms with van der Waals surface area (Å²) in [6.07, 6.45) is 0. The van der Waals surface area contributed by atoms with E-state index in [1.807, 2.05) is 19.6 Å². The van der Waals surface area contributed by atoms with E-state index in [1.165, 1.54) is 0 Å². The van der Waals surface area contributed by atoms with Gasteiger partial charge in [-0.1, -0.05) is 19.6 Å². The minimum Gasteiger partial charge on any atom is -0.168 e. The van der Waals surface area contributed by atoms with E-state index in [4.69, 9.17) is 77.6 Å². The third kappa shape index (κ3) is 3.22. The van der Waals surface area contributed by atoms with Crippen LogP contribution in [-0.2, 0) is 0 Å². The Kier molecular flexibility index (Phi) is 5.89. The fourth-order valence-electron chi connectivity index (χ4n) is 1.01. The van der Waals surface area contributed by atoms with Crippen molar-refractivity contribution in [2.24, 2.45) is 0 Å². The molecule has 0 heterocycles. The van der Waals surface area contributed by atoms with Crippen molar-refractivity contribution in [2.75, 3.05) is 0 Å². The molecular weight excluding hydrogens is 397 g/mol. The molecule has 0 aliphatic heterocycles. The molecule has 0 amide bonds. The Bertz CT molecular complexity index is 174. The van der Waals surface area contributed by atoms with Crippen LogP contribution >= 0.6 is 77.6 Å². The molecule has 0 saturated heterocycles. The van der Waals surface area contributed by atoms with Crippen LogP contribution in [0, 0.1) is 0 Å². The van der Waals surface area contributed by atoms with E-state index in [0.717, 1.165) is 0 Å². The van der Waals surface area contributed by atoms with Gasteiger partial charge in [-0.05, 0) is 0 Å². The van der Waals surface area contributed by atoms with Gasteiger partial charge in [0, 0.05) is 0 Å². The Morgan fingerprint density at radius 3 is 0.786 bits per heavy atom. The fourth-order valence-corrected chi connectivity index (χ4v) is 108. The van der Waals surface area contributed by atoms with Crippen LogP contribution in [0.5, 0.6) is 0 Å². The molecule has 0 rings (SSSR count). The normalized spacial score (nSPS) is 15.9. The van der Waals surface area contributed by atoms with E-state index in [2.05, 4.69) is 0 Å². The second kappa shape index (κ2) is 4.88. The Morgan fingerprint density at radius 2 is 0.786 bits per heavy atom. The van der Waals surface area contributed by atoms with Gasteiger partial charge in [0.05, 0.1) is 7.59 Å². The second-order valence-corrected chi connectivity index (χ2v) is 55.9. The standard InChI is InChI=1S/C3H9Cl7Si4/c1-11(2,3)14(10,12(4,5)6)13(7,8)9/h1-3H3. The lowest BCUT2D eigenvalue weighted by Crippen LogP contribution is -2.75. The maximum absolute atomic E-state index is 6.50. The van der Waals surface area contributed by atoms with Crippen molar-refractivity contribution >= 4 is 102 Å². The maximum atomic E-state index is 6.50. The van der Waals surface area contributed by atoms with Crippen LogP contribution < -0.4 is 0 Å². The first-order chi connectivity index (χ1) is 5.75. The van der Waals surface area contributed by atoms with E-state index in [1.54, 1.807) is 0 Å². The Labute approximate surface area is 120 Å². The van der Waals surface area contributed by atoms with Crippen LogP contribution in [0.2, 0.25) is 19.6 Å². The van der Waals surface area contributed by atoms with E-state index in [-0.39, 0.29) is 0 Å². The largest absolute Gasteiger partial charge is 0.340 e. The number of hydrogen-bond donors (Lipinski definition) is 0. The van der Waals surface area contributed by atoms with Crippen LogP contribution in [0.3, 0.4) is 0 Å². The summed E-state index contributed by atoms with van der Waals surface area (Å²) < 4.78 is 0. The summed E-state index contributed by atoms with van der Waals surface area (Å²) in [4.78, 5) is 0. The third-order valence-electron chi connectivity index (χ3n) is 1.81. The molecule has 0 N–H and O–H groups in total. The molecule has 0 atom stereocenters. The Morgan fingerprint density at radius 1 is 0.571 bits per heavy atom.